The number of furan rings is 1. The first kappa shape index (κ1) is 20.7. The molecule has 31 heavy (non-hydrogen) atoms. The molecule has 1 atom stereocenters. The van der Waals surface area contributed by atoms with Gasteiger partial charge in [0.1, 0.15) is 17.6 Å². The van der Waals surface area contributed by atoms with E-state index in [-0.39, 0.29) is 18.4 Å². The fraction of sp³-hybridized carbons (Fsp3) is 0.250. The molecule has 2 heterocycles. The van der Waals surface area contributed by atoms with Crippen molar-refractivity contribution in [3.63, 3.8) is 0 Å². The van der Waals surface area contributed by atoms with Crippen LogP contribution in [0.15, 0.2) is 71.3 Å². The van der Waals surface area contributed by atoms with Gasteiger partial charge in [-0.3, -0.25) is 9.59 Å². The minimum atomic E-state index is -0.692. The highest BCUT2D eigenvalue weighted by Gasteiger charge is 2.29. The third-order valence-electron chi connectivity index (χ3n) is 5.45. The molecule has 1 aromatic heterocycles. The Bertz CT molecular complexity index is 1030. The van der Waals surface area contributed by atoms with Crippen molar-refractivity contribution in [2.75, 3.05) is 24.5 Å². The molecule has 0 saturated heterocycles. The van der Waals surface area contributed by atoms with Crippen LogP contribution in [0.4, 0.5) is 10.1 Å². The zero-order valence-corrected chi connectivity index (χ0v) is 17.0. The number of hydrogen-bond donors (Lipinski definition) is 2. The van der Waals surface area contributed by atoms with Crippen LogP contribution in [0.2, 0.25) is 0 Å². The maximum atomic E-state index is 13.0. The number of halogens is 1. The summed E-state index contributed by atoms with van der Waals surface area (Å²) in [4.78, 5) is 26.7. The zero-order chi connectivity index (χ0) is 21.6. The van der Waals surface area contributed by atoms with E-state index >= 15 is 0 Å². The van der Waals surface area contributed by atoms with Crippen molar-refractivity contribution in [1.29, 1.82) is 0 Å². The predicted molar refractivity (Wildman–Crippen MR) is 115 cm³/mol. The first-order chi connectivity index (χ1) is 15.1. The summed E-state index contributed by atoms with van der Waals surface area (Å²) in [6, 6.07) is 17.7. The van der Waals surface area contributed by atoms with Crippen molar-refractivity contribution in [2.45, 2.75) is 18.9 Å². The average molecular weight is 421 g/mol. The van der Waals surface area contributed by atoms with Crippen LogP contribution in [0, 0.1) is 5.82 Å². The largest absolute Gasteiger partial charge is 0.467 e. The lowest BCUT2D eigenvalue weighted by Gasteiger charge is -2.29. The maximum Gasteiger partial charge on any atom is 0.309 e. The number of hydrogen-bond acceptors (Lipinski definition) is 4. The van der Waals surface area contributed by atoms with Crippen LogP contribution in [0.1, 0.15) is 22.9 Å². The number of anilines is 1. The van der Waals surface area contributed by atoms with Gasteiger partial charge in [-0.2, -0.15) is 0 Å². The minimum absolute atomic E-state index is 0.213. The summed E-state index contributed by atoms with van der Waals surface area (Å²) in [6.07, 6.45) is 3.04. The fourth-order valence-corrected chi connectivity index (χ4v) is 3.85. The number of carbonyl (C=O) groups excluding carboxylic acids is 2. The third-order valence-corrected chi connectivity index (χ3v) is 5.45. The Morgan fingerprint density at radius 1 is 1.00 bits per heavy atom. The summed E-state index contributed by atoms with van der Waals surface area (Å²) < 4.78 is 18.6. The van der Waals surface area contributed by atoms with Gasteiger partial charge in [-0.15, -0.1) is 0 Å². The van der Waals surface area contributed by atoms with Gasteiger partial charge in [0.25, 0.3) is 0 Å². The number of amides is 2. The molecular weight excluding hydrogens is 397 g/mol. The van der Waals surface area contributed by atoms with Gasteiger partial charge in [0.2, 0.25) is 0 Å². The molecule has 4 rings (SSSR count). The molecular formula is C24H24FN3O3. The van der Waals surface area contributed by atoms with Crippen LogP contribution in [0.25, 0.3) is 0 Å². The quantitative estimate of drug-likeness (QED) is 0.575. The molecule has 1 aliphatic rings. The average Bonchev–Trinajstić information content (AvgIpc) is 3.46. The van der Waals surface area contributed by atoms with Crippen molar-refractivity contribution < 1.29 is 18.4 Å². The van der Waals surface area contributed by atoms with Crippen LogP contribution < -0.4 is 15.5 Å². The topological polar surface area (TPSA) is 74.6 Å². The highest BCUT2D eigenvalue weighted by molar-refractivity contribution is 6.35. The van der Waals surface area contributed by atoms with Gasteiger partial charge in [-0.25, -0.2) is 4.39 Å². The molecule has 1 unspecified atom stereocenters. The Kier molecular flexibility index (Phi) is 6.31. The molecule has 0 spiro atoms. The molecule has 7 heteroatoms. The van der Waals surface area contributed by atoms with E-state index in [1.54, 1.807) is 18.4 Å². The molecule has 0 fully saturated rings. The van der Waals surface area contributed by atoms with Gasteiger partial charge < -0.3 is 20.0 Å². The standard InChI is InChI=1S/C24H24FN3O3/c25-19-9-7-17(8-10-19)11-13-26-23(29)24(30)27-16-21(22-6-3-15-31-22)28-14-12-18-4-1-2-5-20(18)28/h1-10,15,21H,11-14,16H2,(H,26,29)(H,27,30). The smallest absolute Gasteiger partial charge is 0.309 e. The molecule has 160 valence electrons. The molecule has 2 aromatic carbocycles. The summed E-state index contributed by atoms with van der Waals surface area (Å²) in [5.41, 5.74) is 3.25. The van der Waals surface area contributed by atoms with Crippen LogP contribution in [-0.2, 0) is 22.4 Å². The molecule has 0 radical (unpaired) electrons. The fourth-order valence-electron chi connectivity index (χ4n) is 3.85. The van der Waals surface area contributed by atoms with E-state index in [2.05, 4.69) is 27.7 Å². The Hall–Kier alpha value is -3.61. The predicted octanol–water partition coefficient (Wildman–Crippen LogP) is 3.00. The number of nitrogens with one attached hydrogen (secondary N) is 2. The number of fused-ring (bicyclic) bond motifs is 1. The number of para-hydroxylation sites is 1. The van der Waals surface area contributed by atoms with Crippen molar-refractivity contribution >= 4 is 17.5 Å². The van der Waals surface area contributed by atoms with E-state index in [0.29, 0.717) is 13.0 Å². The summed E-state index contributed by atoms with van der Waals surface area (Å²) >= 11 is 0. The molecule has 0 bridgehead atoms. The summed E-state index contributed by atoms with van der Waals surface area (Å²) in [7, 11) is 0. The highest BCUT2D eigenvalue weighted by atomic mass is 19.1. The lowest BCUT2D eigenvalue weighted by Crippen LogP contribution is -2.44. The highest BCUT2D eigenvalue weighted by Crippen LogP contribution is 2.34. The zero-order valence-electron chi connectivity index (χ0n) is 17.0. The SMILES string of the molecule is O=C(NCCc1ccc(F)cc1)C(=O)NCC(c1ccco1)N1CCc2ccccc21. The second-order valence-corrected chi connectivity index (χ2v) is 7.45. The first-order valence-electron chi connectivity index (χ1n) is 10.3. The van der Waals surface area contributed by atoms with Crippen LogP contribution >= 0.6 is 0 Å². The van der Waals surface area contributed by atoms with E-state index < -0.39 is 11.8 Å². The number of rotatable bonds is 7. The van der Waals surface area contributed by atoms with Crippen molar-refractivity contribution in [3.8, 4) is 0 Å². The minimum Gasteiger partial charge on any atom is -0.467 e. The van der Waals surface area contributed by atoms with Gasteiger partial charge in [0, 0.05) is 25.3 Å². The van der Waals surface area contributed by atoms with E-state index in [4.69, 9.17) is 4.42 Å². The van der Waals surface area contributed by atoms with Crippen molar-refractivity contribution in [2.24, 2.45) is 0 Å². The first-order valence-corrected chi connectivity index (χ1v) is 10.3. The van der Waals surface area contributed by atoms with Crippen LogP contribution in [0.3, 0.4) is 0 Å². The Morgan fingerprint density at radius 2 is 1.77 bits per heavy atom. The van der Waals surface area contributed by atoms with Gasteiger partial charge in [-0.05, 0) is 54.3 Å². The van der Waals surface area contributed by atoms with Crippen molar-refractivity contribution in [1.82, 2.24) is 10.6 Å². The molecule has 0 aliphatic carbocycles. The summed E-state index contributed by atoms with van der Waals surface area (Å²) in [5, 5.41) is 5.34. The second kappa shape index (κ2) is 9.47. The lowest BCUT2D eigenvalue weighted by molar-refractivity contribution is -0.139. The van der Waals surface area contributed by atoms with Gasteiger partial charge in [-0.1, -0.05) is 30.3 Å². The monoisotopic (exact) mass is 421 g/mol. The molecule has 1 aliphatic heterocycles. The van der Waals surface area contributed by atoms with Crippen LogP contribution in [-0.4, -0.2) is 31.4 Å². The van der Waals surface area contributed by atoms with E-state index in [1.165, 1.54) is 17.7 Å². The Balaban J connectivity index is 1.33. The second-order valence-electron chi connectivity index (χ2n) is 7.45. The Labute approximate surface area is 180 Å². The summed E-state index contributed by atoms with van der Waals surface area (Å²) in [6.45, 7) is 1.34. The number of nitrogens with zero attached hydrogens (tertiary/aromatic N) is 1. The maximum absolute atomic E-state index is 13.0. The molecule has 0 saturated carbocycles. The molecule has 3 aromatic rings. The summed E-state index contributed by atoms with van der Waals surface area (Å²) in [5.74, 6) is -0.960. The molecule has 6 nitrogen and oxygen atoms in total. The third kappa shape index (κ3) is 4.94. The van der Waals surface area contributed by atoms with Gasteiger partial charge in [0.05, 0.1) is 6.26 Å². The number of benzene rings is 2. The van der Waals surface area contributed by atoms with Gasteiger partial charge >= 0.3 is 11.8 Å². The molecule has 2 N–H and O–H groups in total. The van der Waals surface area contributed by atoms with Crippen LogP contribution in [0.5, 0.6) is 0 Å². The van der Waals surface area contributed by atoms with Crippen molar-refractivity contribution in [3.05, 3.63) is 89.6 Å². The normalized spacial score (nSPS) is 13.5. The van der Waals surface area contributed by atoms with E-state index in [9.17, 15) is 14.0 Å². The molecule has 2 amide bonds. The van der Waals surface area contributed by atoms with Gasteiger partial charge in [0.15, 0.2) is 0 Å². The lowest BCUT2D eigenvalue weighted by atomic mass is 10.1. The van der Waals surface area contributed by atoms with E-state index in [0.717, 1.165) is 30.0 Å². The van der Waals surface area contributed by atoms with E-state index in [1.807, 2.05) is 24.3 Å². The number of carbonyl (C=O) groups is 2. The Morgan fingerprint density at radius 3 is 2.55 bits per heavy atom.